The molecule has 0 aliphatic carbocycles. The maximum atomic E-state index is 13.6. The van der Waals surface area contributed by atoms with Gasteiger partial charge in [0.2, 0.25) is 11.7 Å². The lowest BCUT2D eigenvalue weighted by Crippen LogP contribution is -2.42. The molecule has 1 aliphatic rings. The first-order valence-corrected chi connectivity index (χ1v) is 8.65. The van der Waals surface area contributed by atoms with E-state index >= 15 is 0 Å². The van der Waals surface area contributed by atoms with E-state index in [2.05, 4.69) is 25.6 Å². The molecular formula is C18H16F4N6O. The van der Waals surface area contributed by atoms with Crippen LogP contribution in [0.3, 0.4) is 0 Å². The minimum absolute atomic E-state index is 0.0255. The summed E-state index contributed by atoms with van der Waals surface area (Å²) in [7, 11) is 0. The highest BCUT2D eigenvalue weighted by Crippen LogP contribution is 2.27. The van der Waals surface area contributed by atoms with Crippen molar-refractivity contribution in [3.8, 4) is 17.3 Å². The number of amides is 1. The highest BCUT2D eigenvalue weighted by atomic mass is 19.4. The van der Waals surface area contributed by atoms with Crippen molar-refractivity contribution in [1.82, 2.24) is 25.6 Å². The number of nitrogens with one attached hydrogen (secondary N) is 2. The van der Waals surface area contributed by atoms with Gasteiger partial charge in [-0.3, -0.25) is 9.78 Å². The fraction of sp³-hybridized carbons (Fsp3) is 0.389. The Morgan fingerprint density at radius 1 is 1.31 bits per heavy atom. The molecule has 152 valence electrons. The summed E-state index contributed by atoms with van der Waals surface area (Å²) in [4.78, 5) is 22.8. The van der Waals surface area contributed by atoms with E-state index in [1.165, 1.54) is 12.3 Å². The van der Waals surface area contributed by atoms with E-state index in [0.717, 1.165) is 12.4 Å². The maximum Gasteiger partial charge on any atom is 0.451 e. The van der Waals surface area contributed by atoms with E-state index in [1.54, 1.807) is 6.92 Å². The standard InChI is InChI=1S/C18H16F4N6O/c1-9-13(19)3-15(28-9)16(29)25-5-10-2-14(24-6-11(10)4-23)12-7-26-17(27-8-12)18(20,21)22/h2,6-9,13,15,28H,3,5H2,1H3,(H,25,29)/t9-,13-,15-/m1/s1. The minimum Gasteiger partial charge on any atom is -0.351 e. The van der Waals surface area contributed by atoms with Gasteiger partial charge >= 0.3 is 6.18 Å². The lowest BCUT2D eigenvalue weighted by Gasteiger charge is -2.13. The fourth-order valence-corrected chi connectivity index (χ4v) is 2.92. The van der Waals surface area contributed by atoms with Crippen LogP contribution in [0.25, 0.3) is 11.3 Å². The fourth-order valence-electron chi connectivity index (χ4n) is 2.92. The van der Waals surface area contributed by atoms with Crippen LogP contribution < -0.4 is 10.6 Å². The monoisotopic (exact) mass is 408 g/mol. The maximum absolute atomic E-state index is 13.6. The number of nitrogens with zero attached hydrogens (tertiary/aromatic N) is 4. The summed E-state index contributed by atoms with van der Waals surface area (Å²) in [5.74, 6) is -1.68. The molecule has 7 nitrogen and oxygen atoms in total. The zero-order valence-electron chi connectivity index (χ0n) is 15.2. The zero-order chi connectivity index (χ0) is 21.2. The molecule has 29 heavy (non-hydrogen) atoms. The molecule has 0 aromatic carbocycles. The van der Waals surface area contributed by atoms with Crippen LogP contribution >= 0.6 is 0 Å². The van der Waals surface area contributed by atoms with Gasteiger partial charge in [0.05, 0.1) is 17.3 Å². The second-order valence-corrected chi connectivity index (χ2v) is 6.61. The summed E-state index contributed by atoms with van der Waals surface area (Å²) < 4.78 is 51.4. The van der Waals surface area contributed by atoms with Crippen molar-refractivity contribution in [2.75, 3.05) is 0 Å². The second kappa shape index (κ2) is 8.08. The van der Waals surface area contributed by atoms with E-state index in [-0.39, 0.29) is 29.8 Å². The van der Waals surface area contributed by atoms with Gasteiger partial charge in [0.1, 0.15) is 12.2 Å². The Kier molecular flexibility index (Phi) is 5.74. The second-order valence-electron chi connectivity index (χ2n) is 6.61. The SMILES string of the molecule is C[C@H]1N[C@@H](C(=O)NCc2cc(-c3cnc(C(F)(F)F)nc3)ncc2C#N)C[C@H]1F. The molecule has 3 heterocycles. The smallest absolute Gasteiger partial charge is 0.351 e. The molecule has 2 aromatic rings. The van der Waals surface area contributed by atoms with Crippen molar-refractivity contribution < 1.29 is 22.4 Å². The van der Waals surface area contributed by atoms with E-state index in [1.807, 2.05) is 6.07 Å². The van der Waals surface area contributed by atoms with Crippen molar-refractivity contribution in [3.05, 3.63) is 41.6 Å². The normalized spacial score (nSPS) is 21.6. The van der Waals surface area contributed by atoms with Crippen LogP contribution in [0.5, 0.6) is 0 Å². The summed E-state index contributed by atoms with van der Waals surface area (Å²) in [5, 5.41) is 14.7. The van der Waals surface area contributed by atoms with Crippen molar-refractivity contribution in [3.63, 3.8) is 0 Å². The predicted octanol–water partition coefficient (Wildman–Crippen LogP) is 2.13. The van der Waals surface area contributed by atoms with Crippen LogP contribution in [0.15, 0.2) is 24.7 Å². The quantitative estimate of drug-likeness (QED) is 0.752. The molecular weight excluding hydrogens is 392 g/mol. The highest BCUT2D eigenvalue weighted by Gasteiger charge is 2.35. The molecule has 1 amide bonds. The molecule has 1 fully saturated rings. The third-order valence-corrected chi connectivity index (χ3v) is 4.55. The zero-order valence-corrected chi connectivity index (χ0v) is 15.2. The van der Waals surface area contributed by atoms with E-state index in [4.69, 9.17) is 0 Å². The van der Waals surface area contributed by atoms with Crippen molar-refractivity contribution in [2.45, 2.75) is 44.3 Å². The highest BCUT2D eigenvalue weighted by molar-refractivity contribution is 5.82. The summed E-state index contributed by atoms with van der Waals surface area (Å²) in [6.45, 7) is 1.62. The van der Waals surface area contributed by atoms with Crippen molar-refractivity contribution in [2.24, 2.45) is 0 Å². The van der Waals surface area contributed by atoms with Crippen LogP contribution in [-0.4, -0.2) is 39.1 Å². The Balaban J connectivity index is 1.76. The van der Waals surface area contributed by atoms with Gasteiger partial charge in [0.15, 0.2) is 0 Å². The number of halogens is 4. The van der Waals surface area contributed by atoms with Gasteiger partial charge in [-0.25, -0.2) is 14.4 Å². The Labute approximate surface area is 163 Å². The van der Waals surface area contributed by atoms with Crippen LogP contribution in [0.4, 0.5) is 17.6 Å². The number of alkyl halides is 4. The molecule has 11 heteroatoms. The predicted molar refractivity (Wildman–Crippen MR) is 92.7 cm³/mol. The number of rotatable bonds is 4. The molecule has 0 saturated carbocycles. The molecule has 3 rings (SSSR count). The molecule has 0 spiro atoms. The molecule has 3 atom stereocenters. The largest absolute Gasteiger partial charge is 0.451 e. The van der Waals surface area contributed by atoms with Gasteiger partial charge in [0, 0.05) is 43.2 Å². The van der Waals surface area contributed by atoms with Crippen LogP contribution in [-0.2, 0) is 17.5 Å². The van der Waals surface area contributed by atoms with Gasteiger partial charge < -0.3 is 10.6 Å². The van der Waals surface area contributed by atoms with Crippen LogP contribution in [0.1, 0.15) is 30.3 Å². The van der Waals surface area contributed by atoms with E-state index < -0.39 is 36.2 Å². The summed E-state index contributed by atoms with van der Waals surface area (Å²) >= 11 is 0. The number of hydrogen-bond donors (Lipinski definition) is 2. The third kappa shape index (κ3) is 4.65. The van der Waals surface area contributed by atoms with Crippen LogP contribution in [0, 0.1) is 11.3 Å². The van der Waals surface area contributed by atoms with Gasteiger partial charge in [-0.1, -0.05) is 0 Å². The first-order chi connectivity index (χ1) is 13.7. The molecule has 0 unspecified atom stereocenters. The van der Waals surface area contributed by atoms with E-state index in [9.17, 15) is 27.6 Å². The summed E-state index contributed by atoms with van der Waals surface area (Å²) in [6.07, 6.45) is -2.50. The molecule has 1 aliphatic heterocycles. The van der Waals surface area contributed by atoms with Gasteiger partial charge in [-0.2, -0.15) is 18.4 Å². The average Bonchev–Trinajstić information content (AvgIpc) is 3.04. The number of carbonyl (C=O) groups is 1. The Morgan fingerprint density at radius 2 is 2.00 bits per heavy atom. The van der Waals surface area contributed by atoms with Crippen molar-refractivity contribution >= 4 is 5.91 Å². The lowest BCUT2D eigenvalue weighted by molar-refractivity contribution is -0.145. The average molecular weight is 408 g/mol. The Bertz CT molecular complexity index is 931. The Morgan fingerprint density at radius 3 is 2.55 bits per heavy atom. The molecule has 0 bridgehead atoms. The van der Waals surface area contributed by atoms with Crippen molar-refractivity contribution in [1.29, 1.82) is 5.26 Å². The lowest BCUT2D eigenvalue weighted by atomic mass is 10.1. The molecule has 1 saturated heterocycles. The van der Waals surface area contributed by atoms with Gasteiger partial charge in [-0.15, -0.1) is 0 Å². The number of carbonyl (C=O) groups excluding carboxylic acids is 1. The van der Waals surface area contributed by atoms with E-state index in [0.29, 0.717) is 5.56 Å². The number of pyridine rings is 1. The third-order valence-electron chi connectivity index (χ3n) is 4.55. The first kappa shape index (κ1) is 20.6. The molecule has 2 aromatic heterocycles. The Hall–Kier alpha value is -3.13. The van der Waals surface area contributed by atoms with Gasteiger partial charge in [-0.05, 0) is 18.6 Å². The molecule has 2 N–H and O–H groups in total. The van der Waals surface area contributed by atoms with Gasteiger partial charge in [0.25, 0.3) is 0 Å². The van der Waals surface area contributed by atoms with Crippen LogP contribution in [0.2, 0.25) is 0 Å². The summed E-state index contributed by atoms with van der Waals surface area (Å²) in [5.41, 5.74) is 1.08. The minimum atomic E-state index is -4.66. The first-order valence-electron chi connectivity index (χ1n) is 8.65. The topological polar surface area (TPSA) is 104 Å². The molecule has 0 radical (unpaired) electrons. The number of aromatic nitrogens is 3. The number of nitriles is 1. The summed E-state index contributed by atoms with van der Waals surface area (Å²) in [6, 6.07) is 2.31. The number of hydrogen-bond acceptors (Lipinski definition) is 6.